The molecule has 0 radical (unpaired) electrons. The summed E-state index contributed by atoms with van der Waals surface area (Å²) in [6, 6.07) is 8.15. The Labute approximate surface area is 129 Å². The van der Waals surface area contributed by atoms with Gasteiger partial charge in [-0.05, 0) is 36.9 Å². The first-order valence-electron chi connectivity index (χ1n) is 7.79. The van der Waals surface area contributed by atoms with Gasteiger partial charge in [0.05, 0.1) is 5.92 Å². The van der Waals surface area contributed by atoms with Crippen LogP contribution < -0.4 is 10.6 Å². The van der Waals surface area contributed by atoms with Crippen LogP contribution in [0.2, 0.25) is 0 Å². The van der Waals surface area contributed by atoms with E-state index in [2.05, 4.69) is 10.6 Å². The number of rotatable bonds is 3. The molecule has 0 spiro atoms. The highest BCUT2D eigenvalue weighted by molar-refractivity contribution is 6.00. The van der Waals surface area contributed by atoms with Gasteiger partial charge in [0.25, 0.3) is 0 Å². The first kappa shape index (κ1) is 14.9. The number of amides is 2. The molecule has 2 aliphatic heterocycles. The smallest absolute Gasteiger partial charge is 0.234 e. The molecule has 1 aromatic rings. The van der Waals surface area contributed by atoms with Crippen LogP contribution >= 0.6 is 0 Å². The monoisotopic (exact) mass is 300 g/mol. The average molecular weight is 300 g/mol. The van der Waals surface area contributed by atoms with E-state index in [0.29, 0.717) is 12.8 Å². The minimum Gasteiger partial charge on any atom is -0.310 e. The van der Waals surface area contributed by atoms with E-state index in [4.69, 9.17) is 0 Å². The number of aldehydes is 1. The summed E-state index contributed by atoms with van der Waals surface area (Å²) in [5.41, 5.74) is 2.08. The molecule has 2 heterocycles. The zero-order valence-electron chi connectivity index (χ0n) is 12.4. The highest BCUT2D eigenvalue weighted by atomic mass is 16.2. The number of hydrogen-bond acceptors (Lipinski definition) is 4. The summed E-state index contributed by atoms with van der Waals surface area (Å²) in [5.74, 6) is -0.514. The number of carbonyl (C=O) groups is 3. The van der Waals surface area contributed by atoms with Gasteiger partial charge < -0.3 is 10.1 Å². The molecule has 3 unspecified atom stereocenters. The maximum atomic E-state index is 11.9. The molecule has 0 bridgehead atoms. The van der Waals surface area contributed by atoms with E-state index in [0.717, 1.165) is 36.8 Å². The Morgan fingerprint density at radius 2 is 1.77 bits per heavy atom. The third kappa shape index (κ3) is 3.09. The van der Waals surface area contributed by atoms with Crippen LogP contribution in [0.5, 0.6) is 0 Å². The van der Waals surface area contributed by atoms with Crippen molar-refractivity contribution in [3.05, 3.63) is 35.4 Å². The molecule has 0 saturated carbocycles. The molecule has 22 heavy (non-hydrogen) atoms. The SMILES string of the molecule is O=CC1CCNC(c2ccc(C3CCC(=O)NC3=O)cc2)C1. The van der Waals surface area contributed by atoms with Crippen molar-refractivity contribution >= 4 is 18.1 Å². The van der Waals surface area contributed by atoms with Crippen molar-refractivity contribution in [2.75, 3.05) is 6.54 Å². The van der Waals surface area contributed by atoms with Crippen molar-refractivity contribution in [2.45, 2.75) is 37.6 Å². The standard InChI is InChI=1S/C17H20N2O3/c20-10-11-7-8-18-15(9-11)13-3-1-12(2-4-13)14-5-6-16(21)19-17(14)22/h1-4,10-11,14-15,18H,5-9H2,(H,19,21,22). The normalized spacial score (nSPS) is 29.0. The van der Waals surface area contributed by atoms with E-state index in [-0.39, 0.29) is 29.7 Å². The van der Waals surface area contributed by atoms with Crippen LogP contribution in [0, 0.1) is 5.92 Å². The fraction of sp³-hybridized carbons (Fsp3) is 0.471. The van der Waals surface area contributed by atoms with E-state index in [1.807, 2.05) is 24.3 Å². The van der Waals surface area contributed by atoms with Crippen molar-refractivity contribution in [3.63, 3.8) is 0 Å². The lowest BCUT2D eigenvalue weighted by Gasteiger charge is -2.28. The minimum atomic E-state index is -0.242. The van der Waals surface area contributed by atoms with Gasteiger partial charge in [-0.15, -0.1) is 0 Å². The second-order valence-electron chi connectivity index (χ2n) is 6.10. The van der Waals surface area contributed by atoms with E-state index in [9.17, 15) is 14.4 Å². The van der Waals surface area contributed by atoms with Crippen molar-refractivity contribution in [2.24, 2.45) is 5.92 Å². The molecular weight excluding hydrogens is 280 g/mol. The largest absolute Gasteiger partial charge is 0.310 e. The summed E-state index contributed by atoms with van der Waals surface area (Å²) in [6.45, 7) is 0.850. The van der Waals surface area contributed by atoms with Crippen LogP contribution in [0.25, 0.3) is 0 Å². The lowest BCUT2D eigenvalue weighted by atomic mass is 9.87. The van der Waals surface area contributed by atoms with Crippen molar-refractivity contribution in [1.82, 2.24) is 10.6 Å². The van der Waals surface area contributed by atoms with Crippen molar-refractivity contribution in [3.8, 4) is 0 Å². The van der Waals surface area contributed by atoms with Gasteiger partial charge in [0.15, 0.2) is 0 Å². The van der Waals surface area contributed by atoms with E-state index in [1.54, 1.807) is 0 Å². The van der Waals surface area contributed by atoms with Crippen LogP contribution in [0.1, 0.15) is 48.8 Å². The Kier molecular flexibility index (Phi) is 4.34. The molecular formula is C17H20N2O3. The average Bonchev–Trinajstić information content (AvgIpc) is 2.55. The Morgan fingerprint density at radius 1 is 1.05 bits per heavy atom. The molecule has 3 atom stereocenters. The molecule has 2 fully saturated rings. The molecule has 3 rings (SSSR count). The van der Waals surface area contributed by atoms with Gasteiger partial charge in [0, 0.05) is 18.4 Å². The lowest BCUT2D eigenvalue weighted by Crippen LogP contribution is -2.39. The van der Waals surface area contributed by atoms with Gasteiger partial charge in [-0.3, -0.25) is 14.9 Å². The summed E-state index contributed by atoms with van der Waals surface area (Å²) in [6.07, 6.45) is 3.73. The lowest BCUT2D eigenvalue weighted by molar-refractivity contribution is -0.134. The van der Waals surface area contributed by atoms with Crippen LogP contribution in [0.4, 0.5) is 0 Å². The predicted octanol–water partition coefficient (Wildman–Crippen LogP) is 1.45. The van der Waals surface area contributed by atoms with Gasteiger partial charge in [-0.25, -0.2) is 0 Å². The van der Waals surface area contributed by atoms with Gasteiger partial charge >= 0.3 is 0 Å². The third-order valence-electron chi connectivity index (χ3n) is 4.62. The quantitative estimate of drug-likeness (QED) is 0.654. The predicted molar refractivity (Wildman–Crippen MR) is 81.1 cm³/mol. The van der Waals surface area contributed by atoms with E-state index in [1.165, 1.54) is 0 Å². The molecule has 0 aliphatic carbocycles. The Bertz CT molecular complexity index is 582. The summed E-state index contributed by atoms with van der Waals surface area (Å²) in [5, 5.41) is 5.82. The zero-order chi connectivity index (χ0) is 15.5. The number of imide groups is 1. The maximum Gasteiger partial charge on any atom is 0.234 e. The molecule has 116 valence electrons. The van der Waals surface area contributed by atoms with Gasteiger partial charge in [0.1, 0.15) is 6.29 Å². The fourth-order valence-corrected chi connectivity index (χ4v) is 3.30. The van der Waals surface area contributed by atoms with E-state index >= 15 is 0 Å². The fourth-order valence-electron chi connectivity index (χ4n) is 3.30. The Hall–Kier alpha value is -2.01. The van der Waals surface area contributed by atoms with Gasteiger partial charge in [0.2, 0.25) is 11.8 Å². The minimum absolute atomic E-state index is 0.126. The molecule has 2 N–H and O–H groups in total. The molecule has 2 aliphatic rings. The third-order valence-corrected chi connectivity index (χ3v) is 4.62. The topological polar surface area (TPSA) is 75.3 Å². The summed E-state index contributed by atoms with van der Waals surface area (Å²) in [4.78, 5) is 34.1. The maximum absolute atomic E-state index is 11.9. The zero-order valence-corrected chi connectivity index (χ0v) is 12.4. The number of benzene rings is 1. The van der Waals surface area contributed by atoms with Crippen LogP contribution in [0.3, 0.4) is 0 Å². The molecule has 2 saturated heterocycles. The van der Waals surface area contributed by atoms with Crippen molar-refractivity contribution < 1.29 is 14.4 Å². The van der Waals surface area contributed by atoms with E-state index < -0.39 is 0 Å². The summed E-state index contributed by atoms with van der Waals surface area (Å²) >= 11 is 0. The van der Waals surface area contributed by atoms with Crippen LogP contribution in [0.15, 0.2) is 24.3 Å². The van der Waals surface area contributed by atoms with Crippen LogP contribution in [-0.4, -0.2) is 24.6 Å². The summed E-state index contributed by atoms with van der Waals surface area (Å²) < 4.78 is 0. The highest BCUT2D eigenvalue weighted by Crippen LogP contribution is 2.29. The van der Waals surface area contributed by atoms with Crippen molar-refractivity contribution in [1.29, 1.82) is 0 Å². The second-order valence-corrected chi connectivity index (χ2v) is 6.10. The first-order chi connectivity index (χ1) is 10.7. The molecule has 1 aromatic carbocycles. The Morgan fingerprint density at radius 3 is 2.45 bits per heavy atom. The molecule has 5 nitrogen and oxygen atoms in total. The number of piperidine rings is 2. The number of carbonyl (C=O) groups excluding carboxylic acids is 3. The second kappa shape index (κ2) is 6.40. The highest BCUT2D eigenvalue weighted by Gasteiger charge is 2.28. The molecule has 0 aromatic heterocycles. The Balaban J connectivity index is 1.71. The van der Waals surface area contributed by atoms with Gasteiger partial charge in [-0.1, -0.05) is 24.3 Å². The summed E-state index contributed by atoms with van der Waals surface area (Å²) in [7, 11) is 0. The molecule has 5 heteroatoms. The molecule has 2 amide bonds. The number of hydrogen-bond donors (Lipinski definition) is 2. The van der Waals surface area contributed by atoms with Crippen LogP contribution in [-0.2, 0) is 14.4 Å². The first-order valence-corrected chi connectivity index (χ1v) is 7.79. The number of nitrogens with one attached hydrogen (secondary N) is 2. The van der Waals surface area contributed by atoms with Gasteiger partial charge in [-0.2, -0.15) is 0 Å².